The van der Waals surface area contributed by atoms with E-state index in [1.54, 1.807) is 26.0 Å². The van der Waals surface area contributed by atoms with Crippen molar-refractivity contribution in [1.82, 2.24) is 5.32 Å². The van der Waals surface area contributed by atoms with Crippen LogP contribution in [0.1, 0.15) is 40.9 Å². The molecule has 2 aromatic carbocycles. The van der Waals surface area contributed by atoms with Crippen molar-refractivity contribution in [1.29, 1.82) is 0 Å². The molecule has 0 aliphatic rings. The number of para-hydroxylation sites is 1. The summed E-state index contributed by atoms with van der Waals surface area (Å²) in [6.07, 6.45) is -0.399. The maximum Gasteiger partial charge on any atom is 0.285 e. The van der Waals surface area contributed by atoms with Crippen LogP contribution < -0.4 is 5.32 Å². The van der Waals surface area contributed by atoms with Crippen molar-refractivity contribution in [3.63, 3.8) is 0 Å². The number of rotatable bonds is 6. The minimum Gasteiger partial charge on any atom is -0.388 e. The number of aliphatic hydroxyl groups excluding tert-OH is 1. The predicted octanol–water partition coefficient (Wildman–Crippen LogP) is 3.15. The Morgan fingerprint density at radius 2 is 1.88 bits per heavy atom. The molecule has 6 nitrogen and oxygen atoms in total. The molecule has 0 saturated carbocycles. The average Bonchev–Trinajstić information content (AvgIpc) is 2.54. The maximum absolute atomic E-state index is 12.4. The lowest BCUT2D eigenvalue weighted by atomic mass is 10.0. The first-order valence-corrected chi connectivity index (χ1v) is 7.68. The molecule has 0 heterocycles. The molecule has 24 heavy (non-hydrogen) atoms. The normalized spacial score (nSPS) is 13.1. The molecule has 2 aromatic rings. The Balaban J connectivity index is 2.07. The Bertz CT molecular complexity index is 731. The summed E-state index contributed by atoms with van der Waals surface area (Å²) in [7, 11) is 0. The van der Waals surface area contributed by atoms with Gasteiger partial charge >= 0.3 is 0 Å². The van der Waals surface area contributed by atoms with Gasteiger partial charge < -0.3 is 10.4 Å². The van der Waals surface area contributed by atoms with Gasteiger partial charge in [-0.05, 0) is 31.9 Å². The second-order valence-electron chi connectivity index (χ2n) is 5.76. The molecule has 0 bridgehead atoms. The first-order valence-electron chi connectivity index (χ1n) is 7.68. The second-order valence-corrected chi connectivity index (χ2v) is 5.76. The third kappa shape index (κ3) is 4.17. The monoisotopic (exact) mass is 328 g/mol. The highest BCUT2D eigenvalue weighted by atomic mass is 16.6. The molecular weight excluding hydrogens is 308 g/mol. The highest BCUT2D eigenvalue weighted by molar-refractivity contribution is 5.98. The van der Waals surface area contributed by atoms with Gasteiger partial charge in [-0.1, -0.05) is 42.5 Å². The number of aryl methyl sites for hydroxylation is 1. The highest BCUT2D eigenvalue weighted by Crippen LogP contribution is 2.23. The summed E-state index contributed by atoms with van der Waals surface area (Å²) in [5.41, 5.74) is 1.04. The van der Waals surface area contributed by atoms with Crippen LogP contribution in [0.5, 0.6) is 0 Å². The molecule has 2 atom stereocenters. The lowest BCUT2D eigenvalue weighted by Gasteiger charge is -2.18. The number of aliphatic hydroxyl groups is 1. The van der Waals surface area contributed by atoms with Gasteiger partial charge in [0.25, 0.3) is 11.6 Å². The summed E-state index contributed by atoms with van der Waals surface area (Å²) in [4.78, 5) is 23.0. The molecule has 0 radical (unpaired) electrons. The molecular formula is C18H20N2O4. The lowest BCUT2D eigenvalue weighted by Crippen LogP contribution is -2.34. The van der Waals surface area contributed by atoms with E-state index < -0.39 is 16.9 Å². The van der Waals surface area contributed by atoms with E-state index in [2.05, 4.69) is 5.32 Å². The van der Waals surface area contributed by atoms with E-state index in [0.29, 0.717) is 12.0 Å². The highest BCUT2D eigenvalue weighted by Gasteiger charge is 2.24. The first-order chi connectivity index (χ1) is 11.4. The first kappa shape index (κ1) is 17.6. The molecule has 6 heteroatoms. The Morgan fingerprint density at radius 1 is 1.21 bits per heavy atom. The molecule has 1 amide bonds. The Labute approximate surface area is 140 Å². The Kier molecular flexibility index (Phi) is 5.65. The number of carbonyl (C=O) groups excluding carboxylic acids is 1. The summed E-state index contributed by atoms with van der Waals surface area (Å²) in [5.74, 6) is -0.516. The van der Waals surface area contributed by atoms with Crippen molar-refractivity contribution >= 4 is 11.6 Å². The van der Waals surface area contributed by atoms with E-state index >= 15 is 0 Å². The van der Waals surface area contributed by atoms with E-state index in [4.69, 9.17) is 0 Å². The van der Waals surface area contributed by atoms with Crippen LogP contribution in [0.4, 0.5) is 5.69 Å². The predicted molar refractivity (Wildman–Crippen MR) is 90.8 cm³/mol. The van der Waals surface area contributed by atoms with Crippen LogP contribution in [0.3, 0.4) is 0 Å². The molecule has 0 fully saturated rings. The van der Waals surface area contributed by atoms with E-state index in [1.165, 1.54) is 6.07 Å². The number of nitro groups is 1. The maximum atomic E-state index is 12.4. The van der Waals surface area contributed by atoms with E-state index in [0.717, 1.165) is 5.56 Å². The summed E-state index contributed by atoms with van der Waals surface area (Å²) in [6.45, 7) is 3.35. The third-order valence-electron chi connectivity index (χ3n) is 3.80. The molecule has 2 unspecified atom stereocenters. The van der Waals surface area contributed by atoms with Crippen LogP contribution in [0.2, 0.25) is 0 Å². The molecule has 0 saturated heterocycles. The van der Waals surface area contributed by atoms with Gasteiger partial charge in [-0.25, -0.2) is 0 Å². The molecule has 0 aromatic heterocycles. The quantitative estimate of drug-likeness (QED) is 0.629. The minimum atomic E-state index is -0.714. The van der Waals surface area contributed by atoms with Crippen LogP contribution in [-0.2, 0) is 0 Å². The number of hydrogen-bond donors (Lipinski definition) is 2. The number of hydrogen-bond acceptors (Lipinski definition) is 4. The van der Waals surface area contributed by atoms with Crippen LogP contribution in [-0.4, -0.2) is 22.0 Å². The number of amides is 1. The third-order valence-corrected chi connectivity index (χ3v) is 3.80. The number of nitrogens with one attached hydrogen (secondary N) is 1. The fourth-order valence-corrected chi connectivity index (χ4v) is 2.59. The van der Waals surface area contributed by atoms with Crippen molar-refractivity contribution < 1.29 is 14.8 Å². The van der Waals surface area contributed by atoms with E-state index in [-0.39, 0.29) is 17.3 Å². The zero-order valence-corrected chi connectivity index (χ0v) is 13.6. The Hall–Kier alpha value is -2.73. The van der Waals surface area contributed by atoms with E-state index in [1.807, 2.05) is 30.3 Å². The smallest absolute Gasteiger partial charge is 0.285 e. The van der Waals surface area contributed by atoms with Gasteiger partial charge in [-0.2, -0.15) is 0 Å². The van der Waals surface area contributed by atoms with Gasteiger partial charge in [0.15, 0.2) is 0 Å². The lowest BCUT2D eigenvalue weighted by molar-refractivity contribution is -0.385. The molecule has 0 spiro atoms. The molecule has 0 aliphatic carbocycles. The van der Waals surface area contributed by atoms with Crippen LogP contribution in [0, 0.1) is 17.0 Å². The van der Waals surface area contributed by atoms with Crippen molar-refractivity contribution in [3.8, 4) is 0 Å². The fraction of sp³-hybridized carbons (Fsp3) is 0.278. The van der Waals surface area contributed by atoms with Gasteiger partial charge in [-0.3, -0.25) is 14.9 Å². The summed E-state index contributed by atoms with van der Waals surface area (Å²) in [5, 5.41) is 24.1. The standard InChI is InChI=1S/C18H20N2O4/c1-12-7-6-10-15(17(12)20(23)24)18(22)19-13(2)11-16(21)14-8-4-3-5-9-14/h3-10,13,16,21H,11H2,1-2H3,(H,19,22). The topological polar surface area (TPSA) is 92.5 Å². The van der Waals surface area contributed by atoms with Gasteiger partial charge in [0.2, 0.25) is 0 Å². The van der Waals surface area contributed by atoms with Crippen LogP contribution in [0.25, 0.3) is 0 Å². The Morgan fingerprint density at radius 3 is 2.50 bits per heavy atom. The summed E-state index contributed by atoms with van der Waals surface area (Å²) in [6, 6.07) is 13.4. The largest absolute Gasteiger partial charge is 0.388 e. The second kappa shape index (κ2) is 7.70. The van der Waals surface area contributed by atoms with Gasteiger partial charge in [0.1, 0.15) is 5.56 Å². The molecule has 126 valence electrons. The minimum absolute atomic E-state index is 0.0288. The summed E-state index contributed by atoms with van der Waals surface area (Å²) < 4.78 is 0. The fourth-order valence-electron chi connectivity index (χ4n) is 2.59. The average molecular weight is 328 g/mol. The number of benzene rings is 2. The van der Waals surface area contributed by atoms with Crippen molar-refractivity contribution in [2.24, 2.45) is 0 Å². The zero-order chi connectivity index (χ0) is 17.7. The van der Waals surface area contributed by atoms with E-state index in [9.17, 15) is 20.0 Å². The van der Waals surface area contributed by atoms with Crippen molar-refractivity contribution in [2.75, 3.05) is 0 Å². The van der Waals surface area contributed by atoms with Gasteiger partial charge in [0.05, 0.1) is 11.0 Å². The van der Waals surface area contributed by atoms with Gasteiger partial charge in [0, 0.05) is 11.6 Å². The summed E-state index contributed by atoms with van der Waals surface area (Å²) >= 11 is 0. The number of nitro benzene ring substituents is 1. The van der Waals surface area contributed by atoms with Crippen molar-refractivity contribution in [3.05, 3.63) is 75.3 Å². The molecule has 0 aliphatic heterocycles. The zero-order valence-electron chi connectivity index (χ0n) is 13.6. The van der Waals surface area contributed by atoms with Crippen LogP contribution >= 0.6 is 0 Å². The molecule has 2 N–H and O–H groups in total. The SMILES string of the molecule is Cc1cccc(C(=O)NC(C)CC(O)c2ccccc2)c1[N+](=O)[O-]. The van der Waals surface area contributed by atoms with Gasteiger partial charge in [-0.15, -0.1) is 0 Å². The number of carbonyl (C=O) groups is 1. The van der Waals surface area contributed by atoms with Crippen molar-refractivity contribution in [2.45, 2.75) is 32.4 Å². The van der Waals surface area contributed by atoms with Crippen LogP contribution in [0.15, 0.2) is 48.5 Å². The molecule has 2 rings (SSSR count). The number of nitrogens with zero attached hydrogens (tertiary/aromatic N) is 1.